The number of phenolic OH excluding ortho intramolecular Hbond substituents is 1. The molecule has 4 amide bonds. The Kier molecular flexibility index (Phi) is 7.63. The summed E-state index contributed by atoms with van der Waals surface area (Å²) in [7, 11) is 1.72. The molecule has 12 heteroatoms. The van der Waals surface area contributed by atoms with Gasteiger partial charge in [-0.25, -0.2) is 4.90 Å². The number of benzene rings is 3. The smallest absolute Gasteiger partial charge is 0.242 e. The number of amides is 4. The molecule has 52 heavy (non-hydrogen) atoms. The van der Waals surface area contributed by atoms with Gasteiger partial charge in [-0.1, -0.05) is 41.4 Å². The van der Waals surface area contributed by atoms with E-state index >= 15 is 4.79 Å². The molecule has 0 spiro atoms. The molecule has 262 valence electrons. The number of rotatable bonds is 4. The highest BCUT2D eigenvalue weighted by molar-refractivity contribution is 14.1. The summed E-state index contributed by atoms with van der Waals surface area (Å²) in [6, 6.07) is 21.7. The molecule has 6 unspecified atom stereocenters. The largest absolute Gasteiger partial charge is 0.508 e. The van der Waals surface area contributed by atoms with Crippen LogP contribution in [0.4, 0.5) is 11.5 Å². The normalized spacial score (nSPS) is 26.9. The fourth-order valence-electron chi connectivity index (χ4n) is 9.37. The topological polar surface area (TPSA) is 113 Å². The number of halogens is 2. The van der Waals surface area contributed by atoms with Gasteiger partial charge >= 0.3 is 0 Å². The van der Waals surface area contributed by atoms with E-state index in [0.717, 1.165) is 29.7 Å². The molecule has 6 atom stereocenters. The second kappa shape index (κ2) is 11.8. The minimum atomic E-state index is -1.29. The Labute approximate surface area is 322 Å². The summed E-state index contributed by atoms with van der Waals surface area (Å²) in [6.07, 6.45) is 2.53. The summed E-state index contributed by atoms with van der Waals surface area (Å²) >= 11 is 10.1. The molecule has 0 radical (unpaired) electrons. The number of aromatic nitrogens is 2. The van der Waals surface area contributed by atoms with Crippen LogP contribution in [0.3, 0.4) is 0 Å². The van der Waals surface area contributed by atoms with Gasteiger partial charge in [-0.2, -0.15) is 5.10 Å². The monoisotopic (exact) mass is 842 g/mol. The molecule has 2 aliphatic carbocycles. The van der Waals surface area contributed by atoms with E-state index in [2.05, 4.69) is 22.6 Å². The SMILES string of the molecule is Cc1c(-c2cc(N3C(=O)C4CC5C(=CCC6C(=O)N(c7ccc(I)cc7)C(=O)C65)C(c5ccccc5O)C4(C)C3=O)n(C)n2)sc2ccc(Cl)cc12. The zero-order valence-corrected chi connectivity index (χ0v) is 32.1. The number of nitrogens with zero attached hydrogens (tertiary/aromatic N) is 4. The van der Waals surface area contributed by atoms with E-state index in [0.29, 0.717) is 34.2 Å². The number of phenols is 1. The maximum atomic E-state index is 15.0. The number of imide groups is 2. The molecule has 5 aromatic rings. The number of hydrogen-bond donors (Lipinski definition) is 1. The quantitative estimate of drug-likeness (QED) is 0.112. The molecule has 2 saturated heterocycles. The van der Waals surface area contributed by atoms with Gasteiger partial charge in [-0.05, 0) is 115 Å². The molecule has 2 aliphatic heterocycles. The Morgan fingerprint density at radius 3 is 2.44 bits per heavy atom. The fraction of sp³-hybridized carbons (Fsp3) is 0.275. The number of carbonyl (C=O) groups is 4. The number of hydrogen-bond acceptors (Lipinski definition) is 7. The van der Waals surface area contributed by atoms with E-state index < -0.39 is 35.0 Å². The van der Waals surface area contributed by atoms with E-state index in [1.807, 2.05) is 50.3 Å². The number of para-hydroxylation sites is 1. The van der Waals surface area contributed by atoms with Crippen LogP contribution in [0.1, 0.15) is 36.8 Å². The molecule has 1 saturated carbocycles. The molecule has 9 nitrogen and oxygen atoms in total. The molecule has 3 aromatic carbocycles. The Balaban J connectivity index is 1.15. The summed E-state index contributed by atoms with van der Waals surface area (Å²) in [5, 5.41) is 17.8. The lowest BCUT2D eigenvalue weighted by atomic mass is 9.51. The van der Waals surface area contributed by atoms with Crippen molar-refractivity contribution in [3.8, 4) is 16.3 Å². The Bertz CT molecular complexity index is 2440. The van der Waals surface area contributed by atoms with Crippen LogP contribution in [0.25, 0.3) is 20.7 Å². The van der Waals surface area contributed by atoms with Gasteiger partial charge in [0.15, 0.2) is 0 Å². The summed E-state index contributed by atoms with van der Waals surface area (Å²) in [6.45, 7) is 3.82. The lowest BCUT2D eigenvalue weighted by molar-refractivity contribution is -0.131. The summed E-state index contributed by atoms with van der Waals surface area (Å²) in [5.74, 6) is -4.27. The minimum Gasteiger partial charge on any atom is -0.508 e. The van der Waals surface area contributed by atoms with Crippen molar-refractivity contribution in [2.75, 3.05) is 9.80 Å². The van der Waals surface area contributed by atoms with Gasteiger partial charge in [0.1, 0.15) is 17.3 Å². The van der Waals surface area contributed by atoms with Crippen molar-refractivity contribution in [1.82, 2.24) is 9.78 Å². The first-order chi connectivity index (χ1) is 24.9. The third-order valence-electron chi connectivity index (χ3n) is 11.8. The molecule has 0 bridgehead atoms. The fourth-order valence-corrected chi connectivity index (χ4v) is 11.0. The highest BCUT2D eigenvalue weighted by Crippen LogP contribution is 2.64. The molecule has 9 rings (SSSR count). The van der Waals surface area contributed by atoms with Crippen molar-refractivity contribution in [3.05, 3.63) is 104 Å². The van der Waals surface area contributed by atoms with Crippen LogP contribution >= 0.6 is 45.5 Å². The summed E-state index contributed by atoms with van der Waals surface area (Å²) in [5.41, 5.74) is 2.21. The zero-order chi connectivity index (χ0) is 36.4. The first kappa shape index (κ1) is 33.5. The van der Waals surface area contributed by atoms with Crippen molar-refractivity contribution in [2.24, 2.45) is 36.1 Å². The number of aryl methyl sites for hydroxylation is 2. The van der Waals surface area contributed by atoms with Crippen molar-refractivity contribution >= 4 is 90.7 Å². The number of carbonyl (C=O) groups excluding carboxylic acids is 4. The van der Waals surface area contributed by atoms with E-state index in [-0.39, 0.29) is 35.8 Å². The number of thiophene rings is 1. The summed E-state index contributed by atoms with van der Waals surface area (Å²) in [4.78, 5) is 61.5. The molecule has 1 N–H and O–H groups in total. The zero-order valence-electron chi connectivity index (χ0n) is 28.3. The van der Waals surface area contributed by atoms with Crippen LogP contribution in [0.15, 0.2) is 84.4 Å². The Hall–Kier alpha value is -4.33. The lowest BCUT2D eigenvalue weighted by Crippen LogP contribution is -2.49. The van der Waals surface area contributed by atoms with Crippen molar-refractivity contribution < 1.29 is 24.3 Å². The van der Waals surface area contributed by atoms with Crippen molar-refractivity contribution in [3.63, 3.8) is 0 Å². The number of anilines is 2. The van der Waals surface area contributed by atoms with E-state index in [4.69, 9.17) is 16.7 Å². The Morgan fingerprint density at radius 1 is 0.942 bits per heavy atom. The van der Waals surface area contributed by atoms with E-state index in [1.165, 1.54) is 9.80 Å². The molecular formula is C40H32ClIN4O5S. The number of allylic oxidation sites excluding steroid dienone is 2. The van der Waals surface area contributed by atoms with E-state index in [1.54, 1.807) is 65.5 Å². The molecule has 4 aliphatic rings. The predicted octanol–water partition coefficient (Wildman–Crippen LogP) is 8.01. The summed E-state index contributed by atoms with van der Waals surface area (Å²) < 4.78 is 3.60. The maximum absolute atomic E-state index is 15.0. The van der Waals surface area contributed by atoms with Crippen molar-refractivity contribution in [2.45, 2.75) is 32.6 Å². The molecular weight excluding hydrogens is 811 g/mol. The van der Waals surface area contributed by atoms with Gasteiger partial charge in [0.2, 0.25) is 23.6 Å². The maximum Gasteiger partial charge on any atom is 0.242 e. The molecule has 2 aromatic heterocycles. The van der Waals surface area contributed by atoms with Gasteiger partial charge in [-0.3, -0.25) is 28.8 Å². The van der Waals surface area contributed by atoms with Crippen LogP contribution in [-0.4, -0.2) is 38.5 Å². The van der Waals surface area contributed by atoms with Crippen LogP contribution in [0.2, 0.25) is 5.02 Å². The van der Waals surface area contributed by atoms with Gasteiger partial charge < -0.3 is 5.11 Å². The van der Waals surface area contributed by atoms with Crippen LogP contribution in [-0.2, 0) is 26.2 Å². The molecule has 3 fully saturated rings. The van der Waals surface area contributed by atoms with Crippen molar-refractivity contribution in [1.29, 1.82) is 0 Å². The number of fused-ring (bicyclic) bond motifs is 5. The first-order valence-electron chi connectivity index (χ1n) is 17.1. The van der Waals surface area contributed by atoms with Gasteiger partial charge in [-0.15, -0.1) is 11.3 Å². The second-order valence-electron chi connectivity index (χ2n) is 14.4. The number of aromatic hydroxyl groups is 1. The predicted molar refractivity (Wildman–Crippen MR) is 208 cm³/mol. The Morgan fingerprint density at radius 2 is 1.69 bits per heavy atom. The first-order valence-corrected chi connectivity index (χ1v) is 19.4. The average Bonchev–Trinajstić information content (AvgIpc) is 3.79. The third kappa shape index (κ3) is 4.61. The van der Waals surface area contributed by atoms with Gasteiger partial charge in [0.25, 0.3) is 0 Å². The van der Waals surface area contributed by atoms with Gasteiger partial charge in [0, 0.05) is 37.9 Å². The van der Waals surface area contributed by atoms with Crippen LogP contribution in [0, 0.1) is 39.6 Å². The van der Waals surface area contributed by atoms with E-state index in [9.17, 15) is 19.5 Å². The third-order valence-corrected chi connectivity index (χ3v) is 14.1. The minimum absolute atomic E-state index is 0.00680. The second-order valence-corrected chi connectivity index (χ2v) is 17.2. The standard InChI is InChI=1S/C40H32ClIN4O5S/c1-19-26-16-20(41)8-15-31(26)52-35(19)29-18-32(44(3)43-29)46-37(49)28-17-27-23(34(40(28,2)39(46)51)24-6-4-5-7-30(24)47)13-14-25-33(27)38(50)45(36(25)48)22-11-9-21(42)10-12-22/h4-13,15-16,18,25,27-28,33-34,47H,14,17H2,1-3H3. The highest BCUT2D eigenvalue weighted by atomic mass is 127. The van der Waals surface area contributed by atoms with Crippen LogP contribution in [0.5, 0.6) is 5.75 Å². The highest BCUT2D eigenvalue weighted by Gasteiger charge is 2.68. The molecule has 4 heterocycles. The van der Waals surface area contributed by atoms with Gasteiger partial charge in [0.05, 0.1) is 33.7 Å². The van der Waals surface area contributed by atoms with Crippen LogP contribution < -0.4 is 9.80 Å². The average molecular weight is 843 g/mol. The lowest BCUT2D eigenvalue weighted by Gasteiger charge is -2.49.